The highest BCUT2D eigenvalue weighted by molar-refractivity contribution is 5.83. The summed E-state index contributed by atoms with van der Waals surface area (Å²) in [5.74, 6) is 0.198. The van der Waals surface area contributed by atoms with E-state index in [1.165, 1.54) is 10.5 Å². The third-order valence-electron chi connectivity index (χ3n) is 3.14. The largest absolute Gasteiger partial charge is 0.355 e. The summed E-state index contributed by atoms with van der Waals surface area (Å²) in [6, 6.07) is 2.93. The number of aldehydes is 1. The molecule has 0 amide bonds. The van der Waals surface area contributed by atoms with E-state index in [0.717, 1.165) is 32.2 Å². The predicted molar refractivity (Wildman–Crippen MR) is 62.0 cm³/mol. The zero-order valence-electron chi connectivity index (χ0n) is 9.27. The smallest absolute Gasteiger partial charge is 0.175 e. The second-order valence-corrected chi connectivity index (χ2v) is 4.18. The first kappa shape index (κ1) is 10.3. The lowest BCUT2D eigenvalue weighted by Gasteiger charge is -2.14. The molecule has 3 heterocycles. The molecule has 88 valence electrons. The molecule has 0 N–H and O–H groups in total. The van der Waals surface area contributed by atoms with Gasteiger partial charge in [0.25, 0.3) is 0 Å². The Kier molecular flexibility index (Phi) is 2.31. The van der Waals surface area contributed by atoms with Gasteiger partial charge in [-0.3, -0.25) is 9.20 Å². The number of rotatable bonds is 2. The highest BCUT2D eigenvalue weighted by Gasteiger charge is 2.21. The summed E-state index contributed by atoms with van der Waals surface area (Å²) >= 11 is 0. The van der Waals surface area contributed by atoms with Gasteiger partial charge in [0, 0.05) is 19.3 Å². The third-order valence-corrected chi connectivity index (χ3v) is 3.14. The number of anilines is 1. The van der Waals surface area contributed by atoms with Gasteiger partial charge in [0.2, 0.25) is 0 Å². The van der Waals surface area contributed by atoms with Gasteiger partial charge >= 0.3 is 0 Å². The van der Waals surface area contributed by atoms with Crippen molar-refractivity contribution in [2.24, 2.45) is 0 Å². The Balaban J connectivity index is 2.23. The molecule has 4 nitrogen and oxygen atoms in total. The van der Waals surface area contributed by atoms with Crippen molar-refractivity contribution in [3.8, 4) is 0 Å². The fourth-order valence-electron chi connectivity index (χ4n) is 2.31. The van der Waals surface area contributed by atoms with E-state index < -0.39 is 5.82 Å². The molecule has 0 atom stereocenters. The molecule has 17 heavy (non-hydrogen) atoms. The van der Waals surface area contributed by atoms with Crippen molar-refractivity contribution >= 4 is 17.8 Å². The lowest BCUT2D eigenvalue weighted by Crippen LogP contribution is -2.19. The molecule has 0 saturated carbocycles. The third kappa shape index (κ3) is 1.50. The van der Waals surface area contributed by atoms with E-state index in [1.807, 2.05) is 4.90 Å². The maximum Gasteiger partial charge on any atom is 0.175 e. The van der Waals surface area contributed by atoms with E-state index in [9.17, 15) is 9.18 Å². The lowest BCUT2D eigenvalue weighted by atomic mass is 10.4. The number of halogens is 1. The number of carbonyl (C=O) groups is 1. The van der Waals surface area contributed by atoms with Crippen LogP contribution in [0.3, 0.4) is 0 Å². The topological polar surface area (TPSA) is 37.6 Å². The lowest BCUT2D eigenvalue weighted by molar-refractivity contribution is 0.111. The second-order valence-electron chi connectivity index (χ2n) is 4.18. The summed E-state index contributed by atoms with van der Waals surface area (Å²) in [6.07, 6.45) is 4.59. The van der Waals surface area contributed by atoms with Crippen LogP contribution in [-0.2, 0) is 0 Å². The minimum Gasteiger partial charge on any atom is -0.355 e. The SMILES string of the molecule is O=Cc1c(N2CCCC2)nc2c(F)cccn12. The molecular formula is C12H12FN3O. The predicted octanol–water partition coefficient (Wildman–Crippen LogP) is 1.89. The molecule has 5 heteroatoms. The molecule has 0 aromatic carbocycles. The molecule has 1 aliphatic rings. The summed E-state index contributed by atoms with van der Waals surface area (Å²) < 4.78 is 15.1. The molecule has 2 aromatic rings. The molecule has 0 unspecified atom stereocenters. The first-order chi connectivity index (χ1) is 8.31. The number of nitrogens with zero attached hydrogens (tertiary/aromatic N) is 3. The monoisotopic (exact) mass is 233 g/mol. The summed E-state index contributed by atoms with van der Waals surface area (Å²) in [5, 5.41) is 0. The van der Waals surface area contributed by atoms with E-state index in [0.29, 0.717) is 11.5 Å². The Hall–Kier alpha value is -1.91. The molecular weight excluding hydrogens is 221 g/mol. The van der Waals surface area contributed by atoms with Crippen LogP contribution in [-0.4, -0.2) is 28.8 Å². The van der Waals surface area contributed by atoms with Crippen LogP contribution in [0, 0.1) is 5.82 Å². The maximum atomic E-state index is 13.6. The van der Waals surface area contributed by atoms with Crippen LogP contribution in [0.5, 0.6) is 0 Å². The minimum absolute atomic E-state index is 0.219. The van der Waals surface area contributed by atoms with Crippen molar-refractivity contribution < 1.29 is 9.18 Å². The van der Waals surface area contributed by atoms with E-state index >= 15 is 0 Å². The zero-order valence-corrected chi connectivity index (χ0v) is 9.27. The first-order valence-corrected chi connectivity index (χ1v) is 5.68. The van der Waals surface area contributed by atoms with Crippen molar-refractivity contribution in [2.45, 2.75) is 12.8 Å². The Morgan fingerprint density at radius 3 is 2.82 bits per heavy atom. The van der Waals surface area contributed by atoms with E-state index in [1.54, 1.807) is 12.3 Å². The van der Waals surface area contributed by atoms with E-state index in [4.69, 9.17) is 0 Å². The molecule has 2 aromatic heterocycles. The first-order valence-electron chi connectivity index (χ1n) is 5.68. The second kappa shape index (κ2) is 3.84. The summed E-state index contributed by atoms with van der Waals surface area (Å²) in [4.78, 5) is 17.4. The van der Waals surface area contributed by atoms with Crippen molar-refractivity contribution in [2.75, 3.05) is 18.0 Å². The number of imidazole rings is 1. The fourth-order valence-corrected chi connectivity index (χ4v) is 2.31. The number of fused-ring (bicyclic) bond motifs is 1. The zero-order chi connectivity index (χ0) is 11.8. The maximum absolute atomic E-state index is 13.6. The van der Waals surface area contributed by atoms with Gasteiger partial charge in [-0.25, -0.2) is 9.37 Å². The van der Waals surface area contributed by atoms with Crippen LogP contribution in [0.4, 0.5) is 10.2 Å². The molecule has 0 spiro atoms. The molecule has 1 saturated heterocycles. The highest BCUT2D eigenvalue weighted by atomic mass is 19.1. The standard InChI is InChI=1S/C12H12FN3O/c13-9-4-3-7-16-10(8-17)12(14-11(9)16)15-5-1-2-6-15/h3-4,7-8H,1-2,5-6H2. The van der Waals surface area contributed by atoms with E-state index in [2.05, 4.69) is 4.98 Å². The molecule has 0 radical (unpaired) electrons. The molecule has 0 aliphatic carbocycles. The summed E-state index contributed by atoms with van der Waals surface area (Å²) in [6.45, 7) is 1.76. The Morgan fingerprint density at radius 1 is 1.35 bits per heavy atom. The number of aromatic nitrogens is 2. The number of pyridine rings is 1. The molecule has 1 fully saturated rings. The fraction of sp³-hybridized carbons (Fsp3) is 0.333. The van der Waals surface area contributed by atoms with Gasteiger partial charge in [-0.2, -0.15) is 0 Å². The van der Waals surface area contributed by atoms with Crippen molar-refractivity contribution in [3.63, 3.8) is 0 Å². The van der Waals surface area contributed by atoms with Gasteiger partial charge in [0.15, 0.2) is 23.6 Å². The van der Waals surface area contributed by atoms with Crippen molar-refractivity contribution in [1.29, 1.82) is 0 Å². The van der Waals surface area contributed by atoms with Gasteiger partial charge in [0.1, 0.15) is 5.69 Å². The molecule has 3 rings (SSSR count). The molecule has 1 aliphatic heterocycles. The van der Waals surface area contributed by atoms with Crippen LogP contribution >= 0.6 is 0 Å². The van der Waals surface area contributed by atoms with Gasteiger partial charge in [0.05, 0.1) is 0 Å². The van der Waals surface area contributed by atoms with Gasteiger partial charge in [-0.05, 0) is 25.0 Å². The Labute approximate surface area is 97.7 Å². The molecule has 0 bridgehead atoms. The van der Waals surface area contributed by atoms with Crippen molar-refractivity contribution in [3.05, 3.63) is 29.8 Å². The van der Waals surface area contributed by atoms with Gasteiger partial charge in [-0.15, -0.1) is 0 Å². The van der Waals surface area contributed by atoms with Crippen molar-refractivity contribution in [1.82, 2.24) is 9.38 Å². The van der Waals surface area contributed by atoms with Crippen LogP contribution in [0.2, 0.25) is 0 Å². The number of hydrogen-bond acceptors (Lipinski definition) is 3. The van der Waals surface area contributed by atoms with Crippen LogP contribution < -0.4 is 4.90 Å². The number of carbonyl (C=O) groups excluding carboxylic acids is 1. The quantitative estimate of drug-likeness (QED) is 0.743. The normalized spacial score (nSPS) is 15.7. The average molecular weight is 233 g/mol. The Morgan fingerprint density at radius 2 is 2.12 bits per heavy atom. The summed E-state index contributed by atoms with van der Waals surface area (Å²) in [7, 11) is 0. The minimum atomic E-state index is -0.402. The van der Waals surface area contributed by atoms with Crippen LogP contribution in [0.1, 0.15) is 23.3 Å². The average Bonchev–Trinajstić information content (AvgIpc) is 2.95. The van der Waals surface area contributed by atoms with Gasteiger partial charge < -0.3 is 4.90 Å². The number of hydrogen-bond donors (Lipinski definition) is 0. The van der Waals surface area contributed by atoms with Gasteiger partial charge in [-0.1, -0.05) is 0 Å². The highest BCUT2D eigenvalue weighted by Crippen LogP contribution is 2.24. The van der Waals surface area contributed by atoms with Crippen LogP contribution in [0.25, 0.3) is 5.65 Å². The van der Waals surface area contributed by atoms with Crippen LogP contribution in [0.15, 0.2) is 18.3 Å². The van der Waals surface area contributed by atoms with E-state index in [-0.39, 0.29) is 5.65 Å². The summed E-state index contributed by atoms with van der Waals surface area (Å²) in [5.41, 5.74) is 0.651. The Bertz CT molecular complexity index is 572.